The van der Waals surface area contributed by atoms with Crippen LogP contribution in [-0.2, 0) is 4.74 Å². The fraction of sp³-hybridized carbons (Fsp3) is 0.462. The molecule has 18 heavy (non-hydrogen) atoms. The first-order valence-electron chi connectivity index (χ1n) is 5.91. The summed E-state index contributed by atoms with van der Waals surface area (Å²) in [6.07, 6.45) is 2.25. The monoisotopic (exact) mass is 257 g/mol. The fourth-order valence-corrected chi connectivity index (χ4v) is 1.41. The summed E-state index contributed by atoms with van der Waals surface area (Å²) in [7, 11) is 1.45. The van der Waals surface area contributed by atoms with Crippen molar-refractivity contribution in [1.82, 2.24) is 0 Å². The Kier molecular flexibility index (Phi) is 5.55. The van der Waals surface area contributed by atoms with Crippen LogP contribution in [0, 0.1) is 11.6 Å². The van der Waals surface area contributed by atoms with E-state index in [9.17, 15) is 13.6 Å². The number of carbonyl (C=O) groups excluding carboxylic acids is 1. The summed E-state index contributed by atoms with van der Waals surface area (Å²) >= 11 is 0. The van der Waals surface area contributed by atoms with E-state index in [1.807, 2.05) is 0 Å². The summed E-state index contributed by atoms with van der Waals surface area (Å²) < 4.78 is 30.7. The molecule has 0 aliphatic carbocycles. The van der Waals surface area contributed by atoms with Gasteiger partial charge in [0.25, 0.3) is 0 Å². The molecule has 3 nitrogen and oxygen atoms in total. The maximum atomic E-state index is 13.0. The molecule has 0 aliphatic heterocycles. The average molecular weight is 257 g/mol. The quantitative estimate of drug-likeness (QED) is 0.752. The van der Waals surface area contributed by atoms with Crippen molar-refractivity contribution in [2.45, 2.75) is 26.2 Å². The number of hydrogen-bond acceptors (Lipinski definition) is 2. The van der Waals surface area contributed by atoms with Gasteiger partial charge in [0.2, 0.25) is 0 Å². The Morgan fingerprint density at radius 2 is 2.00 bits per heavy atom. The molecule has 1 amide bonds. The molecule has 100 valence electrons. The summed E-state index contributed by atoms with van der Waals surface area (Å²) in [5.74, 6) is -1.93. The highest BCUT2D eigenvalue weighted by atomic mass is 19.2. The number of nitrogens with zero attached hydrogens (tertiary/aromatic N) is 1. The Labute approximate surface area is 105 Å². The van der Waals surface area contributed by atoms with Crippen LogP contribution in [0.1, 0.15) is 26.2 Å². The molecule has 0 unspecified atom stereocenters. The first-order valence-corrected chi connectivity index (χ1v) is 5.91. The van der Waals surface area contributed by atoms with Gasteiger partial charge < -0.3 is 4.74 Å². The van der Waals surface area contributed by atoms with E-state index in [-0.39, 0.29) is 5.69 Å². The zero-order valence-electron chi connectivity index (χ0n) is 10.6. The van der Waals surface area contributed by atoms with Crippen LogP contribution in [-0.4, -0.2) is 19.7 Å². The molecule has 0 radical (unpaired) electrons. The number of unbranched alkanes of at least 4 members (excludes halogenated alkanes) is 2. The molecule has 0 saturated carbocycles. The number of hydrogen-bond donors (Lipinski definition) is 0. The molecule has 0 N–H and O–H groups in total. The molecule has 0 aromatic heterocycles. The van der Waals surface area contributed by atoms with E-state index in [1.54, 1.807) is 0 Å². The minimum Gasteiger partial charge on any atom is -0.449 e. The van der Waals surface area contributed by atoms with Crippen LogP contribution in [0.4, 0.5) is 19.3 Å². The molecule has 0 atom stereocenters. The van der Waals surface area contributed by atoms with Gasteiger partial charge in [0, 0.05) is 18.8 Å². The number of halogens is 2. The number of benzene rings is 1. The molecule has 1 aromatic carbocycles. The Balaban J connectivity index is 2.54. The van der Waals surface area contributed by atoms with Crippen molar-refractivity contribution in [1.29, 1.82) is 0 Å². The minimum atomic E-state index is -0.988. The van der Waals surface area contributed by atoms with Gasteiger partial charge in [0.15, 0.2) is 11.6 Å². The Morgan fingerprint density at radius 1 is 1.28 bits per heavy atom. The SMILES string of the molecule is CCCCCOC(=O)N(C)c1ccc(F)c(F)c1. The van der Waals surface area contributed by atoms with E-state index in [2.05, 4.69) is 6.92 Å². The van der Waals surface area contributed by atoms with E-state index in [4.69, 9.17) is 4.74 Å². The first-order chi connectivity index (χ1) is 8.56. The standard InChI is InChI=1S/C13H17F2NO2/c1-3-4-5-8-18-13(17)16(2)10-6-7-11(14)12(15)9-10/h6-7,9H,3-5,8H2,1-2H3. The lowest BCUT2D eigenvalue weighted by Crippen LogP contribution is -2.27. The van der Waals surface area contributed by atoms with E-state index >= 15 is 0 Å². The van der Waals surface area contributed by atoms with Gasteiger partial charge in [-0.2, -0.15) is 0 Å². The molecule has 0 spiro atoms. The largest absolute Gasteiger partial charge is 0.449 e. The molecular formula is C13H17F2NO2. The van der Waals surface area contributed by atoms with Gasteiger partial charge in [-0.3, -0.25) is 4.90 Å². The average Bonchev–Trinajstić information content (AvgIpc) is 2.37. The van der Waals surface area contributed by atoms with Crippen LogP contribution in [0.3, 0.4) is 0 Å². The van der Waals surface area contributed by atoms with Crippen molar-refractivity contribution in [3.63, 3.8) is 0 Å². The first kappa shape index (κ1) is 14.4. The van der Waals surface area contributed by atoms with Crippen molar-refractivity contribution in [3.05, 3.63) is 29.8 Å². The smallest absolute Gasteiger partial charge is 0.414 e. The molecule has 1 aromatic rings. The topological polar surface area (TPSA) is 29.5 Å². The van der Waals surface area contributed by atoms with Crippen molar-refractivity contribution in [2.24, 2.45) is 0 Å². The zero-order valence-corrected chi connectivity index (χ0v) is 10.6. The summed E-state index contributed by atoms with van der Waals surface area (Å²) in [5, 5.41) is 0. The lowest BCUT2D eigenvalue weighted by atomic mass is 10.3. The summed E-state index contributed by atoms with van der Waals surface area (Å²) in [6, 6.07) is 3.26. The van der Waals surface area contributed by atoms with Crippen LogP contribution in [0.2, 0.25) is 0 Å². The maximum Gasteiger partial charge on any atom is 0.414 e. The van der Waals surface area contributed by atoms with Gasteiger partial charge in [-0.05, 0) is 18.6 Å². The molecule has 0 bridgehead atoms. The minimum absolute atomic E-state index is 0.259. The van der Waals surface area contributed by atoms with E-state index in [0.717, 1.165) is 36.3 Å². The molecule has 0 heterocycles. The third kappa shape index (κ3) is 3.98. The highest BCUT2D eigenvalue weighted by Gasteiger charge is 2.13. The van der Waals surface area contributed by atoms with E-state index in [0.29, 0.717) is 6.61 Å². The Bertz CT molecular complexity index is 410. The van der Waals surface area contributed by atoms with Crippen molar-refractivity contribution >= 4 is 11.8 Å². The summed E-state index contributed by atoms with van der Waals surface area (Å²) in [5.41, 5.74) is 0.259. The van der Waals surface area contributed by atoms with Gasteiger partial charge in [-0.1, -0.05) is 19.8 Å². The molecule has 0 aliphatic rings. The van der Waals surface area contributed by atoms with Gasteiger partial charge in [-0.15, -0.1) is 0 Å². The van der Waals surface area contributed by atoms with E-state index in [1.165, 1.54) is 13.1 Å². The normalized spacial score (nSPS) is 10.2. The maximum absolute atomic E-state index is 13.0. The van der Waals surface area contributed by atoms with Gasteiger partial charge >= 0.3 is 6.09 Å². The number of amides is 1. The number of anilines is 1. The second-order valence-electron chi connectivity index (χ2n) is 3.98. The molecule has 0 fully saturated rings. The Hall–Kier alpha value is -1.65. The predicted octanol–water partition coefficient (Wildman–Crippen LogP) is 3.73. The molecule has 5 heteroatoms. The molecule has 0 saturated heterocycles. The highest BCUT2D eigenvalue weighted by molar-refractivity contribution is 5.86. The van der Waals surface area contributed by atoms with Crippen LogP contribution >= 0.6 is 0 Å². The third-order valence-electron chi connectivity index (χ3n) is 2.54. The Morgan fingerprint density at radius 3 is 2.61 bits per heavy atom. The highest BCUT2D eigenvalue weighted by Crippen LogP contribution is 2.17. The zero-order chi connectivity index (χ0) is 13.5. The second-order valence-corrected chi connectivity index (χ2v) is 3.98. The lowest BCUT2D eigenvalue weighted by Gasteiger charge is -2.17. The van der Waals surface area contributed by atoms with Crippen molar-refractivity contribution < 1.29 is 18.3 Å². The van der Waals surface area contributed by atoms with Crippen LogP contribution in [0.15, 0.2) is 18.2 Å². The van der Waals surface area contributed by atoms with Gasteiger partial charge in [0.1, 0.15) is 0 Å². The van der Waals surface area contributed by atoms with Crippen LogP contribution < -0.4 is 4.90 Å². The summed E-state index contributed by atoms with van der Waals surface area (Å²) in [6.45, 7) is 2.38. The predicted molar refractivity (Wildman–Crippen MR) is 65.6 cm³/mol. The molecule has 1 rings (SSSR count). The van der Waals surface area contributed by atoms with Crippen molar-refractivity contribution in [3.8, 4) is 0 Å². The van der Waals surface area contributed by atoms with Gasteiger partial charge in [0.05, 0.1) is 6.61 Å². The lowest BCUT2D eigenvalue weighted by molar-refractivity contribution is 0.153. The van der Waals surface area contributed by atoms with E-state index < -0.39 is 17.7 Å². The molecular weight excluding hydrogens is 240 g/mol. The number of rotatable bonds is 5. The second kappa shape index (κ2) is 6.93. The fourth-order valence-electron chi connectivity index (χ4n) is 1.41. The van der Waals surface area contributed by atoms with Crippen molar-refractivity contribution in [2.75, 3.05) is 18.6 Å². The number of carbonyl (C=O) groups is 1. The van der Waals surface area contributed by atoms with Gasteiger partial charge in [-0.25, -0.2) is 13.6 Å². The number of ether oxygens (including phenoxy) is 1. The third-order valence-corrected chi connectivity index (χ3v) is 2.54. The van der Waals surface area contributed by atoms with Crippen LogP contribution in [0.25, 0.3) is 0 Å². The summed E-state index contributed by atoms with van der Waals surface area (Å²) in [4.78, 5) is 12.7. The van der Waals surface area contributed by atoms with Crippen LogP contribution in [0.5, 0.6) is 0 Å².